The van der Waals surface area contributed by atoms with E-state index in [4.69, 9.17) is 4.98 Å². The van der Waals surface area contributed by atoms with Crippen molar-refractivity contribution in [2.45, 2.75) is 33.1 Å². The predicted octanol–water partition coefficient (Wildman–Crippen LogP) is 5.49. The number of nitrogens with zero attached hydrogens (tertiary/aromatic N) is 4. The highest BCUT2D eigenvalue weighted by Crippen LogP contribution is 2.33. The fourth-order valence-electron chi connectivity index (χ4n) is 2.38. The highest BCUT2D eigenvalue weighted by Gasteiger charge is 2.24. The zero-order valence-corrected chi connectivity index (χ0v) is 13.7. The Bertz CT molecular complexity index is 888. The van der Waals surface area contributed by atoms with Gasteiger partial charge < -0.3 is 0 Å². The standard InChI is InChI=1S/C18H19FN4/c1-12-8-9-15-20-16(18(2,3)4)17(23(15)11-12)22-21-14-7-5-6-13(19)10-14/h5-11H,1-4H3. The van der Waals surface area contributed by atoms with Crippen molar-refractivity contribution in [1.29, 1.82) is 0 Å². The summed E-state index contributed by atoms with van der Waals surface area (Å²) in [6.45, 7) is 8.28. The average molecular weight is 310 g/mol. The van der Waals surface area contributed by atoms with Crippen molar-refractivity contribution >= 4 is 17.2 Å². The van der Waals surface area contributed by atoms with Crippen LogP contribution in [0.25, 0.3) is 5.65 Å². The molecule has 0 bridgehead atoms. The lowest BCUT2D eigenvalue weighted by atomic mass is 9.92. The van der Waals surface area contributed by atoms with Gasteiger partial charge in [0, 0.05) is 17.7 Å². The van der Waals surface area contributed by atoms with Crippen LogP contribution in [0.15, 0.2) is 52.8 Å². The Kier molecular flexibility index (Phi) is 3.72. The van der Waals surface area contributed by atoms with Crippen LogP contribution in [0.4, 0.5) is 15.9 Å². The van der Waals surface area contributed by atoms with E-state index in [1.54, 1.807) is 12.1 Å². The van der Waals surface area contributed by atoms with E-state index in [0.29, 0.717) is 11.5 Å². The van der Waals surface area contributed by atoms with Gasteiger partial charge in [0.05, 0.1) is 11.4 Å². The maximum atomic E-state index is 13.3. The van der Waals surface area contributed by atoms with E-state index < -0.39 is 0 Å². The van der Waals surface area contributed by atoms with E-state index in [2.05, 4.69) is 31.0 Å². The first kappa shape index (κ1) is 15.3. The van der Waals surface area contributed by atoms with Crippen LogP contribution >= 0.6 is 0 Å². The second kappa shape index (κ2) is 5.57. The van der Waals surface area contributed by atoms with Gasteiger partial charge in [0.15, 0.2) is 5.82 Å². The minimum atomic E-state index is -0.327. The summed E-state index contributed by atoms with van der Waals surface area (Å²) in [5.74, 6) is 0.354. The summed E-state index contributed by atoms with van der Waals surface area (Å²) in [6, 6.07) is 10.1. The van der Waals surface area contributed by atoms with Gasteiger partial charge >= 0.3 is 0 Å². The van der Waals surface area contributed by atoms with Crippen LogP contribution in [0.5, 0.6) is 0 Å². The third-order valence-electron chi connectivity index (χ3n) is 3.52. The van der Waals surface area contributed by atoms with Gasteiger partial charge in [0.2, 0.25) is 0 Å². The lowest BCUT2D eigenvalue weighted by Crippen LogP contribution is -2.11. The summed E-state index contributed by atoms with van der Waals surface area (Å²) >= 11 is 0. The van der Waals surface area contributed by atoms with Crippen LogP contribution in [-0.2, 0) is 5.41 Å². The molecule has 0 spiro atoms. The molecule has 0 aliphatic carbocycles. The summed E-state index contributed by atoms with van der Waals surface area (Å²) < 4.78 is 15.2. The quantitative estimate of drug-likeness (QED) is 0.577. The Labute approximate surface area is 134 Å². The first-order valence-electron chi connectivity index (χ1n) is 7.51. The van der Waals surface area contributed by atoms with Gasteiger partial charge in [-0.05, 0) is 30.7 Å². The number of aryl methyl sites for hydroxylation is 1. The molecule has 0 N–H and O–H groups in total. The van der Waals surface area contributed by atoms with Gasteiger partial charge in [-0.15, -0.1) is 10.2 Å². The predicted molar refractivity (Wildman–Crippen MR) is 89.2 cm³/mol. The number of imidazole rings is 1. The van der Waals surface area contributed by atoms with E-state index in [9.17, 15) is 4.39 Å². The molecule has 23 heavy (non-hydrogen) atoms. The Morgan fingerprint density at radius 1 is 1.09 bits per heavy atom. The van der Waals surface area contributed by atoms with Crippen LogP contribution in [0, 0.1) is 12.7 Å². The molecule has 0 fully saturated rings. The lowest BCUT2D eigenvalue weighted by molar-refractivity contribution is 0.573. The molecule has 2 aromatic heterocycles. The van der Waals surface area contributed by atoms with E-state index in [0.717, 1.165) is 16.9 Å². The van der Waals surface area contributed by atoms with E-state index in [-0.39, 0.29) is 11.2 Å². The summed E-state index contributed by atoms with van der Waals surface area (Å²) in [5, 5.41) is 8.56. The van der Waals surface area contributed by atoms with Gasteiger partial charge in [-0.3, -0.25) is 4.40 Å². The van der Waals surface area contributed by atoms with Gasteiger partial charge in [-0.2, -0.15) is 0 Å². The maximum absolute atomic E-state index is 13.3. The molecule has 0 atom stereocenters. The topological polar surface area (TPSA) is 42.0 Å². The molecule has 0 amide bonds. The normalized spacial score (nSPS) is 12.4. The molecule has 0 unspecified atom stereocenters. The second-order valence-corrected chi connectivity index (χ2v) is 6.65. The Morgan fingerprint density at radius 3 is 2.57 bits per heavy atom. The molecule has 0 aliphatic rings. The van der Waals surface area contributed by atoms with Crippen LogP contribution in [0.1, 0.15) is 32.0 Å². The van der Waals surface area contributed by atoms with Crippen LogP contribution in [0.3, 0.4) is 0 Å². The zero-order valence-electron chi connectivity index (χ0n) is 13.7. The van der Waals surface area contributed by atoms with Crippen molar-refractivity contribution in [1.82, 2.24) is 9.38 Å². The Hall–Kier alpha value is -2.56. The molecule has 0 saturated carbocycles. The molecule has 1 aromatic carbocycles. The maximum Gasteiger partial charge on any atom is 0.183 e. The van der Waals surface area contributed by atoms with Crippen molar-refractivity contribution < 1.29 is 4.39 Å². The minimum Gasteiger partial charge on any atom is -0.283 e. The summed E-state index contributed by atoms with van der Waals surface area (Å²) in [7, 11) is 0. The van der Waals surface area contributed by atoms with Crippen molar-refractivity contribution in [3.8, 4) is 0 Å². The molecular formula is C18H19FN4. The summed E-state index contributed by atoms with van der Waals surface area (Å²) in [6.07, 6.45) is 1.98. The molecule has 0 saturated heterocycles. The fraction of sp³-hybridized carbons (Fsp3) is 0.278. The van der Waals surface area contributed by atoms with Crippen molar-refractivity contribution in [2.75, 3.05) is 0 Å². The van der Waals surface area contributed by atoms with E-state index in [1.807, 2.05) is 29.7 Å². The Morgan fingerprint density at radius 2 is 1.87 bits per heavy atom. The minimum absolute atomic E-state index is 0.170. The van der Waals surface area contributed by atoms with Crippen LogP contribution < -0.4 is 0 Å². The third kappa shape index (κ3) is 3.13. The number of azo groups is 1. The number of hydrogen-bond donors (Lipinski definition) is 0. The number of benzene rings is 1. The lowest BCUT2D eigenvalue weighted by Gasteiger charge is -2.15. The largest absolute Gasteiger partial charge is 0.283 e. The molecule has 118 valence electrons. The number of hydrogen-bond acceptors (Lipinski definition) is 3. The molecule has 0 aliphatic heterocycles. The molecular weight excluding hydrogens is 291 g/mol. The summed E-state index contributed by atoms with van der Waals surface area (Å²) in [5.41, 5.74) is 3.11. The highest BCUT2D eigenvalue weighted by atomic mass is 19.1. The van der Waals surface area contributed by atoms with Crippen LogP contribution in [0.2, 0.25) is 0 Å². The number of halogens is 1. The van der Waals surface area contributed by atoms with Crippen molar-refractivity contribution in [3.63, 3.8) is 0 Å². The molecule has 3 aromatic rings. The van der Waals surface area contributed by atoms with Gasteiger partial charge in [0.25, 0.3) is 0 Å². The monoisotopic (exact) mass is 310 g/mol. The fourth-order valence-corrected chi connectivity index (χ4v) is 2.38. The smallest absolute Gasteiger partial charge is 0.183 e. The van der Waals surface area contributed by atoms with Gasteiger partial charge in [-0.25, -0.2) is 9.37 Å². The molecule has 3 rings (SSSR count). The van der Waals surface area contributed by atoms with Crippen molar-refractivity contribution in [2.24, 2.45) is 10.2 Å². The number of rotatable bonds is 2. The van der Waals surface area contributed by atoms with Gasteiger partial charge in [0.1, 0.15) is 11.5 Å². The second-order valence-electron chi connectivity index (χ2n) is 6.65. The van der Waals surface area contributed by atoms with E-state index >= 15 is 0 Å². The SMILES string of the molecule is Cc1ccc2nc(C(C)(C)C)c(N=Nc3cccc(F)c3)n2c1. The first-order valence-corrected chi connectivity index (χ1v) is 7.51. The van der Waals surface area contributed by atoms with Crippen molar-refractivity contribution in [3.05, 3.63) is 59.7 Å². The zero-order chi connectivity index (χ0) is 16.6. The first-order chi connectivity index (χ1) is 10.8. The van der Waals surface area contributed by atoms with Crippen LogP contribution in [-0.4, -0.2) is 9.38 Å². The number of aromatic nitrogens is 2. The third-order valence-corrected chi connectivity index (χ3v) is 3.52. The molecule has 4 nitrogen and oxygen atoms in total. The number of fused-ring (bicyclic) bond motifs is 1. The molecule has 2 heterocycles. The molecule has 5 heteroatoms. The average Bonchev–Trinajstić information content (AvgIpc) is 2.83. The highest BCUT2D eigenvalue weighted by molar-refractivity contribution is 5.55. The van der Waals surface area contributed by atoms with E-state index in [1.165, 1.54) is 12.1 Å². The van der Waals surface area contributed by atoms with Gasteiger partial charge in [-0.1, -0.05) is 32.9 Å². The summed E-state index contributed by atoms with van der Waals surface area (Å²) in [4.78, 5) is 4.69. The Balaban J connectivity index is 2.16. The number of pyridine rings is 1. The molecule has 0 radical (unpaired) electrons.